The van der Waals surface area contributed by atoms with E-state index in [0.717, 1.165) is 34.6 Å². The van der Waals surface area contributed by atoms with Crippen LogP contribution in [0, 0.1) is 6.92 Å². The zero-order valence-corrected chi connectivity index (χ0v) is 12.7. The Labute approximate surface area is 124 Å². The van der Waals surface area contributed by atoms with Gasteiger partial charge in [-0.3, -0.25) is 0 Å². The summed E-state index contributed by atoms with van der Waals surface area (Å²) >= 11 is 1.68. The fourth-order valence-electron chi connectivity index (χ4n) is 2.06. The average molecular weight is 288 g/mol. The van der Waals surface area contributed by atoms with E-state index < -0.39 is 0 Å². The van der Waals surface area contributed by atoms with E-state index in [2.05, 4.69) is 34.7 Å². The second kappa shape index (κ2) is 5.94. The van der Waals surface area contributed by atoms with Gasteiger partial charge in [0.1, 0.15) is 16.9 Å². The van der Waals surface area contributed by atoms with Gasteiger partial charge in [-0.1, -0.05) is 0 Å². The monoisotopic (exact) mass is 288 g/mol. The summed E-state index contributed by atoms with van der Waals surface area (Å²) in [4.78, 5) is 4.50. The molecule has 0 radical (unpaired) electrons. The smallest absolute Gasteiger partial charge is 0.123 e. The number of hydrogen-bond donors (Lipinski definition) is 1. The summed E-state index contributed by atoms with van der Waals surface area (Å²) in [5.74, 6) is 0.923. The summed E-state index contributed by atoms with van der Waals surface area (Å²) < 4.78 is 5.91. The molecule has 1 aromatic carbocycles. The number of benzene rings is 1. The van der Waals surface area contributed by atoms with Crippen LogP contribution in [0.4, 0.5) is 0 Å². The highest BCUT2D eigenvalue weighted by molar-refractivity contribution is 7.13. The molecule has 0 bridgehead atoms. The Bertz CT molecular complexity index is 560. The molecule has 3 nitrogen and oxygen atoms in total. The number of aryl methyl sites for hydroxylation is 1. The SMILES string of the molecule is Cc1csc(-c2ccc(OC(C)CNC3CC3)cc2)n1. The van der Waals surface area contributed by atoms with Gasteiger partial charge in [0.2, 0.25) is 0 Å². The number of nitrogens with zero attached hydrogens (tertiary/aromatic N) is 1. The number of thiazole rings is 1. The second-order valence-electron chi connectivity index (χ2n) is 5.43. The van der Waals surface area contributed by atoms with E-state index in [1.165, 1.54) is 12.8 Å². The number of nitrogens with one attached hydrogen (secondary N) is 1. The number of rotatable bonds is 6. The van der Waals surface area contributed by atoms with Crippen molar-refractivity contribution in [1.82, 2.24) is 10.3 Å². The van der Waals surface area contributed by atoms with Crippen LogP contribution >= 0.6 is 11.3 Å². The molecule has 1 atom stereocenters. The van der Waals surface area contributed by atoms with E-state index in [1.54, 1.807) is 11.3 Å². The van der Waals surface area contributed by atoms with Gasteiger partial charge in [0, 0.05) is 29.2 Å². The normalized spacial score (nSPS) is 16.1. The van der Waals surface area contributed by atoms with Crippen LogP contribution < -0.4 is 10.1 Å². The Kier molecular flexibility index (Phi) is 4.03. The first-order valence-electron chi connectivity index (χ1n) is 7.13. The maximum atomic E-state index is 5.91. The molecule has 0 spiro atoms. The molecule has 0 aliphatic heterocycles. The van der Waals surface area contributed by atoms with Crippen molar-refractivity contribution < 1.29 is 4.74 Å². The van der Waals surface area contributed by atoms with Crippen molar-refractivity contribution in [1.29, 1.82) is 0 Å². The summed E-state index contributed by atoms with van der Waals surface area (Å²) in [6, 6.07) is 8.94. The average Bonchev–Trinajstić information content (AvgIpc) is 3.18. The topological polar surface area (TPSA) is 34.1 Å². The minimum Gasteiger partial charge on any atom is -0.489 e. The minimum atomic E-state index is 0.198. The van der Waals surface area contributed by atoms with Crippen molar-refractivity contribution in [3.8, 4) is 16.3 Å². The lowest BCUT2D eigenvalue weighted by Gasteiger charge is -2.15. The maximum absolute atomic E-state index is 5.91. The van der Waals surface area contributed by atoms with Crippen LogP contribution in [0.1, 0.15) is 25.5 Å². The zero-order valence-electron chi connectivity index (χ0n) is 11.9. The molecular formula is C16H20N2OS. The quantitative estimate of drug-likeness (QED) is 0.881. The standard InChI is InChI=1S/C16H20N2OS/c1-11-10-20-16(18-11)13-3-7-15(8-4-13)19-12(2)9-17-14-5-6-14/h3-4,7-8,10,12,14,17H,5-6,9H2,1-2H3. The molecule has 1 heterocycles. The van der Waals surface area contributed by atoms with Crippen molar-refractivity contribution in [2.24, 2.45) is 0 Å². The lowest BCUT2D eigenvalue weighted by atomic mass is 10.2. The predicted octanol–water partition coefficient (Wildman–Crippen LogP) is 3.64. The fourth-order valence-corrected chi connectivity index (χ4v) is 2.86. The van der Waals surface area contributed by atoms with Crippen molar-refractivity contribution in [2.45, 2.75) is 38.8 Å². The molecular weight excluding hydrogens is 268 g/mol. The van der Waals surface area contributed by atoms with E-state index in [-0.39, 0.29) is 6.10 Å². The van der Waals surface area contributed by atoms with E-state index in [1.807, 2.05) is 19.1 Å². The van der Waals surface area contributed by atoms with E-state index >= 15 is 0 Å². The molecule has 1 saturated carbocycles. The molecule has 1 N–H and O–H groups in total. The summed E-state index contributed by atoms with van der Waals surface area (Å²) in [7, 11) is 0. The summed E-state index contributed by atoms with van der Waals surface area (Å²) in [5, 5.41) is 6.63. The van der Waals surface area contributed by atoms with Crippen molar-refractivity contribution in [3.05, 3.63) is 35.3 Å². The minimum absolute atomic E-state index is 0.198. The Morgan fingerprint density at radius 2 is 2.10 bits per heavy atom. The van der Waals surface area contributed by atoms with Crippen molar-refractivity contribution in [2.75, 3.05) is 6.54 Å². The molecule has 20 heavy (non-hydrogen) atoms. The highest BCUT2D eigenvalue weighted by Crippen LogP contribution is 2.26. The van der Waals surface area contributed by atoms with Crippen LogP contribution in [0.25, 0.3) is 10.6 Å². The van der Waals surface area contributed by atoms with Crippen LogP contribution in [-0.2, 0) is 0 Å². The van der Waals surface area contributed by atoms with Gasteiger partial charge >= 0.3 is 0 Å². The van der Waals surface area contributed by atoms with Crippen LogP contribution in [0.5, 0.6) is 5.75 Å². The molecule has 1 aliphatic rings. The van der Waals surface area contributed by atoms with Crippen LogP contribution in [0.3, 0.4) is 0 Å². The Balaban J connectivity index is 1.57. The number of hydrogen-bond acceptors (Lipinski definition) is 4. The maximum Gasteiger partial charge on any atom is 0.123 e. The van der Waals surface area contributed by atoms with Crippen LogP contribution in [0.2, 0.25) is 0 Å². The van der Waals surface area contributed by atoms with Gasteiger partial charge < -0.3 is 10.1 Å². The molecule has 1 unspecified atom stereocenters. The van der Waals surface area contributed by atoms with Gasteiger partial charge in [0.15, 0.2) is 0 Å². The van der Waals surface area contributed by atoms with Crippen LogP contribution in [0.15, 0.2) is 29.6 Å². The molecule has 1 aliphatic carbocycles. The van der Waals surface area contributed by atoms with Gasteiger partial charge in [-0.2, -0.15) is 0 Å². The van der Waals surface area contributed by atoms with Gasteiger partial charge in [-0.05, 0) is 51.0 Å². The third-order valence-electron chi connectivity index (χ3n) is 3.33. The molecule has 0 amide bonds. The third-order valence-corrected chi connectivity index (χ3v) is 4.34. The molecule has 106 valence electrons. The van der Waals surface area contributed by atoms with Crippen LogP contribution in [-0.4, -0.2) is 23.7 Å². The zero-order chi connectivity index (χ0) is 13.9. The molecule has 4 heteroatoms. The molecule has 0 saturated heterocycles. The molecule has 2 aromatic rings. The van der Waals surface area contributed by atoms with Gasteiger partial charge in [-0.25, -0.2) is 4.98 Å². The first-order chi connectivity index (χ1) is 9.70. The third kappa shape index (κ3) is 3.58. The summed E-state index contributed by atoms with van der Waals surface area (Å²) in [5.41, 5.74) is 2.23. The molecule has 1 fully saturated rings. The number of ether oxygens (including phenoxy) is 1. The largest absolute Gasteiger partial charge is 0.489 e. The van der Waals surface area contributed by atoms with Gasteiger partial charge in [-0.15, -0.1) is 11.3 Å². The fraction of sp³-hybridized carbons (Fsp3) is 0.438. The Hall–Kier alpha value is -1.39. The van der Waals surface area contributed by atoms with E-state index in [0.29, 0.717) is 0 Å². The summed E-state index contributed by atoms with van der Waals surface area (Å²) in [6.07, 6.45) is 2.83. The Morgan fingerprint density at radius 1 is 1.35 bits per heavy atom. The van der Waals surface area contributed by atoms with Gasteiger partial charge in [0.05, 0.1) is 0 Å². The molecule has 1 aromatic heterocycles. The van der Waals surface area contributed by atoms with Crippen molar-refractivity contribution >= 4 is 11.3 Å². The predicted molar refractivity (Wildman–Crippen MR) is 83.4 cm³/mol. The highest BCUT2D eigenvalue weighted by atomic mass is 32.1. The second-order valence-corrected chi connectivity index (χ2v) is 6.29. The lowest BCUT2D eigenvalue weighted by Crippen LogP contribution is -2.30. The molecule has 3 rings (SSSR count). The highest BCUT2D eigenvalue weighted by Gasteiger charge is 2.21. The Morgan fingerprint density at radius 3 is 2.70 bits per heavy atom. The number of aromatic nitrogens is 1. The first-order valence-corrected chi connectivity index (χ1v) is 8.01. The van der Waals surface area contributed by atoms with E-state index in [4.69, 9.17) is 4.74 Å². The van der Waals surface area contributed by atoms with E-state index in [9.17, 15) is 0 Å². The van der Waals surface area contributed by atoms with Crippen molar-refractivity contribution in [3.63, 3.8) is 0 Å². The summed E-state index contributed by atoms with van der Waals surface area (Å²) in [6.45, 7) is 5.04. The van der Waals surface area contributed by atoms with Gasteiger partial charge in [0.25, 0.3) is 0 Å². The first kappa shape index (κ1) is 13.6. The lowest BCUT2D eigenvalue weighted by molar-refractivity contribution is 0.216.